The van der Waals surface area contributed by atoms with Crippen molar-refractivity contribution >= 4 is 27.7 Å². The van der Waals surface area contributed by atoms with Crippen LogP contribution in [0.25, 0.3) is 0 Å². The number of aryl methyl sites for hydroxylation is 1. The highest BCUT2D eigenvalue weighted by atomic mass is 79.9. The van der Waals surface area contributed by atoms with Crippen LogP contribution in [-0.4, -0.2) is 21.6 Å². The molecule has 2 N–H and O–H groups in total. The Morgan fingerprint density at radius 1 is 1.12 bits per heavy atom. The van der Waals surface area contributed by atoms with E-state index in [9.17, 15) is 14.4 Å². The van der Waals surface area contributed by atoms with Gasteiger partial charge >= 0.3 is 0 Å². The zero-order valence-electron chi connectivity index (χ0n) is 13.1. The van der Waals surface area contributed by atoms with Crippen LogP contribution < -0.4 is 16.4 Å². The van der Waals surface area contributed by atoms with E-state index in [2.05, 4.69) is 31.9 Å². The standard InChI is InChI=1S/C16H17BrN4O3/c1-2-3-10-21-14(22)9-8-13(20-21)16(24)19-18-15(23)11-6-4-5-7-12(11)17/h4-9H,2-3,10H2,1H3,(H,18,23)(H,19,24). The Morgan fingerprint density at radius 2 is 1.83 bits per heavy atom. The maximum absolute atomic E-state index is 12.1. The van der Waals surface area contributed by atoms with Crippen molar-refractivity contribution in [3.05, 3.63) is 62.5 Å². The number of carbonyl (C=O) groups is 2. The molecular formula is C16H17BrN4O3. The van der Waals surface area contributed by atoms with Crippen LogP contribution in [-0.2, 0) is 6.54 Å². The van der Waals surface area contributed by atoms with Crippen molar-refractivity contribution in [3.8, 4) is 0 Å². The number of carbonyl (C=O) groups excluding carboxylic acids is 2. The van der Waals surface area contributed by atoms with E-state index >= 15 is 0 Å². The lowest BCUT2D eigenvalue weighted by Crippen LogP contribution is -2.42. The third-order valence-corrected chi connectivity index (χ3v) is 3.92. The van der Waals surface area contributed by atoms with Gasteiger partial charge in [-0.1, -0.05) is 25.5 Å². The van der Waals surface area contributed by atoms with Gasteiger partial charge in [0.05, 0.1) is 5.56 Å². The van der Waals surface area contributed by atoms with Crippen LogP contribution >= 0.6 is 15.9 Å². The molecule has 0 fully saturated rings. The van der Waals surface area contributed by atoms with Crippen molar-refractivity contribution in [2.45, 2.75) is 26.3 Å². The molecule has 2 rings (SSSR count). The second kappa shape index (κ2) is 8.39. The van der Waals surface area contributed by atoms with Gasteiger partial charge in [0.25, 0.3) is 17.4 Å². The first-order chi connectivity index (χ1) is 11.5. The Morgan fingerprint density at radius 3 is 2.54 bits per heavy atom. The quantitative estimate of drug-likeness (QED) is 0.759. The number of benzene rings is 1. The van der Waals surface area contributed by atoms with Crippen molar-refractivity contribution in [2.75, 3.05) is 0 Å². The van der Waals surface area contributed by atoms with Crippen LogP contribution in [0.3, 0.4) is 0 Å². The number of hydrazine groups is 1. The molecule has 0 aliphatic rings. The van der Waals surface area contributed by atoms with Gasteiger partial charge in [0, 0.05) is 17.1 Å². The molecule has 1 heterocycles. The summed E-state index contributed by atoms with van der Waals surface area (Å²) in [6.07, 6.45) is 1.70. The molecule has 0 spiro atoms. The van der Waals surface area contributed by atoms with Crippen molar-refractivity contribution in [1.29, 1.82) is 0 Å². The molecule has 7 nitrogen and oxygen atoms in total. The Kier molecular flexibility index (Phi) is 6.25. The minimum atomic E-state index is -0.597. The van der Waals surface area contributed by atoms with Gasteiger partial charge in [0.1, 0.15) is 0 Å². The normalized spacial score (nSPS) is 10.2. The van der Waals surface area contributed by atoms with Crippen molar-refractivity contribution < 1.29 is 9.59 Å². The molecule has 0 unspecified atom stereocenters. The van der Waals surface area contributed by atoms with Crippen molar-refractivity contribution in [2.24, 2.45) is 0 Å². The van der Waals surface area contributed by atoms with E-state index in [1.165, 1.54) is 16.8 Å². The van der Waals surface area contributed by atoms with E-state index in [4.69, 9.17) is 0 Å². The predicted octanol–water partition coefficient (Wildman–Crippen LogP) is 1.88. The van der Waals surface area contributed by atoms with Crippen LogP contribution in [0.4, 0.5) is 0 Å². The minimum Gasteiger partial charge on any atom is -0.268 e. The summed E-state index contributed by atoms with van der Waals surface area (Å²) < 4.78 is 1.86. The number of nitrogens with zero attached hydrogens (tertiary/aromatic N) is 2. The van der Waals surface area contributed by atoms with Gasteiger partial charge in [0.2, 0.25) is 0 Å². The van der Waals surface area contributed by atoms with E-state index in [0.29, 0.717) is 16.6 Å². The zero-order chi connectivity index (χ0) is 17.5. The Balaban J connectivity index is 2.03. The van der Waals surface area contributed by atoms with Crippen LogP contribution in [0.1, 0.15) is 40.6 Å². The highest BCUT2D eigenvalue weighted by molar-refractivity contribution is 9.10. The number of aromatic nitrogens is 2. The van der Waals surface area contributed by atoms with E-state index < -0.39 is 11.8 Å². The lowest BCUT2D eigenvalue weighted by atomic mass is 10.2. The first-order valence-electron chi connectivity index (χ1n) is 7.46. The van der Waals surface area contributed by atoms with Crippen LogP contribution in [0.5, 0.6) is 0 Å². The summed E-state index contributed by atoms with van der Waals surface area (Å²) in [6.45, 7) is 2.44. The molecule has 0 saturated carbocycles. The molecule has 126 valence electrons. The van der Waals surface area contributed by atoms with Crippen molar-refractivity contribution in [3.63, 3.8) is 0 Å². The van der Waals surface area contributed by atoms with Gasteiger partial charge in [0.15, 0.2) is 5.69 Å². The molecule has 0 aliphatic heterocycles. The zero-order valence-corrected chi connectivity index (χ0v) is 14.7. The SMILES string of the molecule is CCCCn1nc(C(=O)NNC(=O)c2ccccc2Br)ccc1=O. The summed E-state index contributed by atoms with van der Waals surface area (Å²) in [7, 11) is 0. The minimum absolute atomic E-state index is 0.0538. The monoisotopic (exact) mass is 392 g/mol. The van der Waals surface area contributed by atoms with Gasteiger partial charge in [-0.15, -0.1) is 0 Å². The van der Waals surface area contributed by atoms with E-state index in [-0.39, 0.29) is 11.3 Å². The first kappa shape index (κ1) is 17.9. The Hall–Kier alpha value is -2.48. The number of unbranched alkanes of at least 4 members (excludes halogenated alkanes) is 1. The molecule has 0 radical (unpaired) electrons. The smallest absolute Gasteiger partial charge is 0.268 e. The molecular weight excluding hydrogens is 376 g/mol. The number of nitrogens with one attached hydrogen (secondary N) is 2. The molecule has 2 aromatic rings. The third-order valence-electron chi connectivity index (χ3n) is 3.23. The topological polar surface area (TPSA) is 93.1 Å². The van der Waals surface area contributed by atoms with Crippen LogP contribution in [0, 0.1) is 0 Å². The van der Waals surface area contributed by atoms with Gasteiger partial charge < -0.3 is 0 Å². The fourth-order valence-electron chi connectivity index (χ4n) is 1.93. The number of hydrogen-bond acceptors (Lipinski definition) is 4. The van der Waals surface area contributed by atoms with E-state index in [1.54, 1.807) is 24.3 Å². The fourth-order valence-corrected chi connectivity index (χ4v) is 2.39. The summed E-state index contributed by atoms with van der Waals surface area (Å²) in [4.78, 5) is 35.8. The van der Waals surface area contributed by atoms with Crippen LogP contribution in [0.15, 0.2) is 45.7 Å². The molecule has 0 atom stereocenters. The maximum atomic E-state index is 12.1. The molecule has 8 heteroatoms. The Bertz CT molecular complexity index is 804. The summed E-state index contributed by atoms with van der Waals surface area (Å²) in [5.74, 6) is -1.06. The third kappa shape index (κ3) is 4.51. The summed E-state index contributed by atoms with van der Waals surface area (Å²) >= 11 is 3.27. The molecule has 2 amide bonds. The number of amides is 2. The van der Waals surface area contributed by atoms with Gasteiger partial charge in [-0.2, -0.15) is 5.10 Å². The van der Waals surface area contributed by atoms with Crippen LogP contribution in [0.2, 0.25) is 0 Å². The lowest BCUT2D eigenvalue weighted by Gasteiger charge is -2.09. The van der Waals surface area contributed by atoms with Gasteiger partial charge in [-0.05, 0) is 40.5 Å². The highest BCUT2D eigenvalue weighted by Gasteiger charge is 2.13. The first-order valence-corrected chi connectivity index (χ1v) is 8.25. The Labute approximate surface area is 147 Å². The largest absolute Gasteiger partial charge is 0.290 e. The second-order valence-corrected chi connectivity index (χ2v) is 5.88. The average molecular weight is 393 g/mol. The highest BCUT2D eigenvalue weighted by Crippen LogP contribution is 2.15. The number of hydrogen-bond donors (Lipinski definition) is 2. The molecule has 0 aliphatic carbocycles. The van der Waals surface area contributed by atoms with E-state index in [1.807, 2.05) is 6.92 Å². The fraction of sp³-hybridized carbons (Fsp3) is 0.250. The summed E-state index contributed by atoms with van der Waals surface area (Å²) in [5, 5.41) is 4.01. The maximum Gasteiger partial charge on any atom is 0.290 e. The summed E-state index contributed by atoms with van der Waals surface area (Å²) in [5.41, 5.74) is 4.78. The number of halogens is 1. The molecule has 0 saturated heterocycles. The number of rotatable bonds is 5. The summed E-state index contributed by atoms with van der Waals surface area (Å²) in [6, 6.07) is 9.45. The van der Waals surface area contributed by atoms with E-state index in [0.717, 1.165) is 12.8 Å². The van der Waals surface area contributed by atoms with Gasteiger partial charge in [-0.3, -0.25) is 25.2 Å². The van der Waals surface area contributed by atoms with Crippen molar-refractivity contribution in [1.82, 2.24) is 20.6 Å². The predicted molar refractivity (Wildman–Crippen MR) is 92.5 cm³/mol. The molecule has 24 heavy (non-hydrogen) atoms. The molecule has 0 bridgehead atoms. The molecule has 1 aromatic carbocycles. The average Bonchev–Trinajstić information content (AvgIpc) is 2.59. The van der Waals surface area contributed by atoms with Gasteiger partial charge in [-0.25, -0.2) is 4.68 Å². The molecule has 1 aromatic heterocycles. The lowest BCUT2D eigenvalue weighted by molar-refractivity contribution is 0.0842. The second-order valence-electron chi connectivity index (χ2n) is 5.02.